The van der Waals surface area contributed by atoms with Gasteiger partial charge in [0.05, 0.1) is 10.7 Å². The van der Waals surface area contributed by atoms with Crippen molar-refractivity contribution in [3.05, 3.63) is 95.0 Å². The van der Waals surface area contributed by atoms with Crippen LogP contribution in [0.2, 0.25) is 5.02 Å². The van der Waals surface area contributed by atoms with Gasteiger partial charge in [0.15, 0.2) is 17.2 Å². The van der Waals surface area contributed by atoms with Crippen LogP contribution in [0.5, 0.6) is 28.7 Å². The number of azo groups is 1. The smallest absolute Gasteiger partial charge is 0.296 e. The molecule has 0 radical (unpaired) electrons. The van der Waals surface area contributed by atoms with E-state index >= 15 is 0 Å². The summed E-state index contributed by atoms with van der Waals surface area (Å²) < 4.78 is 46.4. The molecule has 2 amide bonds. The number of aromatic hydroxyl groups is 2. The van der Waals surface area contributed by atoms with E-state index in [1.807, 2.05) is 32.9 Å². The van der Waals surface area contributed by atoms with Crippen molar-refractivity contribution in [3.63, 3.8) is 0 Å². The lowest BCUT2D eigenvalue weighted by atomic mass is 9.82. The molecule has 0 aromatic heterocycles. The Labute approximate surface area is 367 Å². The van der Waals surface area contributed by atoms with Crippen LogP contribution in [0.15, 0.2) is 94.0 Å². The highest BCUT2D eigenvalue weighted by Gasteiger charge is 2.31. The summed E-state index contributed by atoms with van der Waals surface area (Å²) in [7, 11) is -4.83. The van der Waals surface area contributed by atoms with Crippen LogP contribution in [0.1, 0.15) is 85.3 Å². The van der Waals surface area contributed by atoms with E-state index < -0.39 is 26.5 Å². The quantitative estimate of drug-likeness (QED) is 0.0284. The first-order chi connectivity index (χ1) is 29.2. The topological polar surface area (TPSA) is 197 Å². The third-order valence-corrected chi connectivity index (χ3v) is 12.1. The average Bonchev–Trinajstić information content (AvgIpc) is 3.24. The highest BCUT2D eigenvalue weighted by atomic mass is 35.5. The first-order valence-electron chi connectivity index (χ1n) is 20.2. The summed E-state index contributed by atoms with van der Waals surface area (Å²) in [4.78, 5) is 31.3. The lowest BCUT2D eigenvalue weighted by molar-refractivity contribution is -0.124. The SMILES string of the molecule is CCC(=O)Nc1ccc2cc(S(=O)(=O)O)c(N=Nc3ccc(OCCOc4cc(N(Oc5ccc(C(C)(C)CC)cc5)C(=O)CC(C)(C)CC)c(O)c(Cl)c4C)cc3)c(O)c2c1. The van der Waals surface area contributed by atoms with Crippen LogP contribution in [0.25, 0.3) is 10.8 Å². The molecule has 62 heavy (non-hydrogen) atoms. The fourth-order valence-electron chi connectivity index (χ4n) is 6.11. The van der Waals surface area contributed by atoms with Crippen molar-refractivity contribution in [1.29, 1.82) is 0 Å². The number of rotatable bonds is 18. The first-order valence-corrected chi connectivity index (χ1v) is 22.0. The zero-order valence-corrected chi connectivity index (χ0v) is 37.6. The molecule has 0 bridgehead atoms. The molecule has 5 aromatic carbocycles. The standard InChI is InChI=1S/C46H53ClN4O10S/c1-9-39(52)48-32-15-12-29-24-38(62(56,57)58)42(43(54)35(29)25-32)50-49-31-16-20-33(21-17-31)59-22-23-60-37-26-36(44(55)41(47)28(37)4)51(40(53)27-45(5,6)10-2)61-34-18-13-30(14-19-34)46(7,8)11-3/h12-21,24-26,54-55H,9-11,22-23,27H2,1-8H3,(H,48,52)(H,56,57,58). The predicted octanol–water partition coefficient (Wildman–Crippen LogP) is 11.5. The number of carbonyl (C=O) groups excluding carboxylic acids is 2. The van der Waals surface area contributed by atoms with Gasteiger partial charge in [-0.25, -0.2) is 0 Å². The summed E-state index contributed by atoms with van der Waals surface area (Å²) in [5.41, 5.74) is 1.31. The van der Waals surface area contributed by atoms with Gasteiger partial charge in [-0.15, -0.1) is 10.2 Å². The van der Waals surface area contributed by atoms with E-state index in [1.165, 1.54) is 24.3 Å². The zero-order valence-electron chi connectivity index (χ0n) is 36.1. The summed E-state index contributed by atoms with van der Waals surface area (Å²) in [5, 5.41) is 34.6. The molecule has 5 rings (SSSR count). The number of nitrogens with zero attached hydrogens (tertiary/aromatic N) is 3. The summed E-state index contributed by atoms with van der Waals surface area (Å²) in [5.74, 6) is -0.423. The highest BCUT2D eigenvalue weighted by Crippen LogP contribution is 2.44. The Hall–Kier alpha value is -5.90. The number of hydroxylamine groups is 1. The third-order valence-electron chi connectivity index (χ3n) is 10.8. The number of nitrogens with one attached hydrogen (secondary N) is 1. The molecule has 0 fully saturated rings. The maximum Gasteiger partial charge on any atom is 0.296 e. The van der Waals surface area contributed by atoms with Gasteiger partial charge in [-0.2, -0.15) is 13.5 Å². The van der Waals surface area contributed by atoms with Gasteiger partial charge < -0.3 is 29.8 Å². The van der Waals surface area contributed by atoms with Gasteiger partial charge >= 0.3 is 0 Å². The molecule has 0 spiro atoms. The largest absolute Gasteiger partial charge is 0.505 e. The Morgan fingerprint density at radius 2 is 1.47 bits per heavy atom. The maximum atomic E-state index is 13.9. The van der Waals surface area contributed by atoms with Crippen LogP contribution in [-0.2, 0) is 25.1 Å². The van der Waals surface area contributed by atoms with E-state index in [4.69, 9.17) is 25.9 Å². The van der Waals surface area contributed by atoms with Gasteiger partial charge in [0.2, 0.25) is 5.91 Å². The Bertz CT molecular complexity index is 2580. The van der Waals surface area contributed by atoms with Crippen LogP contribution in [0, 0.1) is 12.3 Å². The van der Waals surface area contributed by atoms with Crippen molar-refractivity contribution in [2.75, 3.05) is 23.6 Å². The van der Waals surface area contributed by atoms with Gasteiger partial charge in [0.25, 0.3) is 16.0 Å². The van der Waals surface area contributed by atoms with Gasteiger partial charge in [0, 0.05) is 35.5 Å². The number of carbonyl (C=O) groups is 2. The Morgan fingerprint density at radius 3 is 2.08 bits per heavy atom. The number of benzene rings is 5. The van der Waals surface area contributed by atoms with Crippen LogP contribution >= 0.6 is 11.6 Å². The molecule has 0 aliphatic rings. The molecular formula is C46H53ClN4O10S. The second-order valence-corrected chi connectivity index (χ2v) is 18.0. The molecule has 0 aliphatic heterocycles. The molecule has 0 unspecified atom stereocenters. The number of anilines is 2. The molecule has 16 heteroatoms. The molecule has 4 N–H and O–H groups in total. The Kier molecular flexibility index (Phi) is 14.8. The monoisotopic (exact) mass is 888 g/mol. The molecule has 330 valence electrons. The van der Waals surface area contributed by atoms with Crippen molar-refractivity contribution in [2.45, 2.75) is 91.4 Å². The predicted molar refractivity (Wildman–Crippen MR) is 240 cm³/mol. The van der Waals surface area contributed by atoms with Crippen molar-refractivity contribution < 1.29 is 47.1 Å². The molecule has 0 saturated carbocycles. The Morgan fingerprint density at radius 1 is 0.823 bits per heavy atom. The summed E-state index contributed by atoms with van der Waals surface area (Å²) in [6, 6.07) is 20.9. The van der Waals surface area contributed by atoms with Crippen molar-refractivity contribution in [2.24, 2.45) is 15.6 Å². The van der Waals surface area contributed by atoms with Crippen molar-refractivity contribution in [3.8, 4) is 28.7 Å². The maximum absolute atomic E-state index is 13.9. The molecule has 5 aromatic rings. The second-order valence-electron chi connectivity index (χ2n) is 16.2. The zero-order chi connectivity index (χ0) is 45.6. The van der Waals surface area contributed by atoms with Crippen molar-refractivity contribution in [1.82, 2.24) is 0 Å². The number of amides is 2. The summed E-state index contributed by atoms with van der Waals surface area (Å²) in [6.45, 7) is 15.9. The fourth-order valence-corrected chi connectivity index (χ4v) is 6.96. The number of halogens is 1. The molecule has 0 atom stereocenters. The number of hydrogen-bond acceptors (Lipinski definition) is 11. The average molecular weight is 889 g/mol. The van der Waals surface area contributed by atoms with E-state index in [0.29, 0.717) is 28.5 Å². The number of ether oxygens (including phenoxy) is 2. The lowest BCUT2D eigenvalue weighted by Crippen LogP contribution is -2.37. The number of fused-ring (bicyclic) bond motifs is 1. The fraction of sp³-hybridized carbons (Fsp3) is 0.348. The number of phenols is 2. The van der Waals surface area contributed by atoms with Gasteiger partial charge in [0.1, 0.15) is 41.0 Å². The number of hydrogen-bond donors (Lipinski definition) is 4. The van der Waals surface area contributed by atoms with Crippen LogP contribution in [0.4, 0.5) is 22.7 Å². The number of phenolic OH excluding ortho intramolecular Hbond substituents is 2. The van der Waals surface area contributed by atoms with Crippen LogP contribution in [-0.4, -0.2) is 48.2 Å². The van der Waals surface area contributed by atoms with Crippen molar-refractivity contribution >= 4 is 67.1 Å². The van der Waals surface area contributed by atoms with E-state index in [2.05, 4.69) is 36.3 Å². The van der Waals surface area contributed by atoms with Gasteiger partial charge in [-0.3, -0.25) is 14.1 Å². The van der Waals surface area contributed by atoms with Gasteiger partial charge in [-0.05, 0) is 89.7 Å². The molecule has 14 nitrogen and oxygen atoms in total. The van der Waals surface area contributed by atoms with E-state index in [9.17, 15) is 32.8 Å². The van der Waals surface area contributed by atoms with E-state index in [0.717, 1.165) is 29.5 Å². The van der Waals surface area contributed by atoms with E-state index in [-0.39, 0.29) is 81.6 Å². The van der Waals surface area contributed by atoms with Gasteiger partial charge in [-0.1, -0.05) is 84.7 Å². The van der Waals surface area contributed by atoms with E-state index in [1.54, 1.807) is 50.2 Å². The highest BCUT2D eigenvalue weighted by molar-refractivity contribution is 7.86. The minimum Gasteiger partial charge on any atom is -0.505 e. The lowest BCUT2D eigenvalue weighted by Gasteiger charge is -2.29. The summed E-state index contributed by atoms with van der Waals surface area (Å²) >= 11 is 6.63. The second kappa shape index (κ2) is 19.4. The minimum atomic E-state index is -4.83. The normalized spacial score (nSPS) is 12.1. The summed E-state index contributed by atoms with van der Waals surface area (Å²) in [6.07, 6.45) is 2.01. The molecule has 0 saturated heterocycles. The first kappa shape index (κ1) is 47.2. The molecule has 0 heterocycles. The molecule has 0 aliphatic carbocycles. The van der Waals surface area contributed by atoms with Crippen LogP contribution in [0.3, 0.4) is 0 Å². The molecular weight excluding hydrogens is 836 g/mol. The Balaban J connectivity index is 1.31. The minimum absolute atomic E-state index is 0.00898. The van der Waals surface area contributed by atoms with Crippen LogP contribution < -0.4 is 24.7 Å². The third kappa shape index (κ3) is 11.3.